The largest absolute Gasteiger partial charge is 0.393 e. The van der Waals surface area contributed by atoms with Gasteiger partial charge >= 0.3 is 0 Å². The van der Waals surface area contributed by atoms with Crippen LogP contribution in [0, 0.1) is 17.7 Å². The van der Waals surface area contributed by atoms with Gasteiger partial charge in [-0.15, -0.1) is 0 Å². The molecule has 5 heteroatoms. The summed E-state index contributed by atoms with van der Waals surface area (Å²) in [5.74, 6) is 0.331. The molecule has 1 aromatic carbocycles. The summed E-state index contributed by atoms with van der Waals surface area (Å²) >= 11 is 0. The van der Waals surface area contributed by atoms with Crippen LogP contribution in [0.15, 0.2) is 24.3 Å². The molecule has 3 unspecified atom stereocenters. The number of rotatable bonds is 5. The van der Waals surface area contributed by atoms with Gasteiger partial charge in [0.05, 0.1) is 12.0 Å². The molecule has 1 aliphatic heterocycles. The molecule has 4 nitrogen and oxygen atoms in total. The fourth-order valence-electron chi connectivity index (χ4n) is 4.14. The van der Waals surface area contributed by atoms with Crippen molar-refractivity contribution < 1.29 is 14.3 Å². The fraction of sp³-hybridized carbons (Fsp3) is 0.650. The number of piperidine rings is 1. The quantitative estimate of drug-likeness (QED) is 0.860. The first-order valence-corrected chi connectivity index (χ1v) is 9.52. The van der Waals surface area contributed by atoms with Crippen molar-refractivity contribution in [1.82, 2.24) is 10.2 Å². The van der Waals surface area contributed by atoms with Crippen LogP contribution in [0.2, 0.25) is 0 Å². The second-order valence-corrected chi connectivity index (χ2v) is 7.64. The molecule has 3 rings (SSSR count). The molecule has 1 saturated carbocycles. The summed E-state index contributed by atoms with van der Waals surface area (Å²) in [5, 5.41) is 12.8. The summed E-state index contributed by atoms with van der Waals surface area (Å²) in [5.41, 5.74) is 0.956. The van der Waals surface area contributed by atoms with Crippen molar-refractivity contribution >= 4 is 5.91 Å². The number of nitrogens with one attached hydrogen (secondary N) is 1. The first kappa shape index (κ1) is 18.3. The van der Waals surface area contributed by atoms with Gasteiger partial charge in [0.1, 0.15) is 5.82 Å². The van der Waals surface area contributed by atoms with Gasteiger partial charge in [0.15, 0.2) is 0 Å². The maximum Gasteiger partial charge on any atom is 0.224 e. The van der Waals surface area contributed by atoms with E-state index in [1.807, 2.05) is 6.07 Å². The minimum atomic E-state index is -0.210. The Hall–Kier alpha value is -1.46. The maximum atomic E-state index is 13.3. The van der Waals surface area contributed by atoms with E-state index >= 15 is 0 Å². The van der Waals surface area contributed by atoms with Gasteiger partial charge in [-0.1, -0.05) is 18.6 Å². The van der Waals surface area contributed by atoms with Gasteiger partial charge in [-0.05, 0) is 62.3 Å². The molecule has 1 heterocycles. The van der Waals surface area contributed by atoms with E-state index in [1.54, 1.807) is 12.1 Å². The second-order valence-electron chi connectivity index (χ2n) is 7.64. The lowest BCUT2D eigenvalue weighted by atomic mass is 9.87. The van der Waals surface area contributed by atoms with Crippen molar-refractivity contribution in [2.75, 3.05) is 19.6 Å². The zero-order chi connectivity index (χ0) is 17.6. The number of carbonyl (C=O) groups excluding carboxylic acids is 1. The lowest BCUT2D eigenvalue weighted by Crippen LogP contribution is -2.44. The van der Waals surface area contributed by atoms with Gasteiger partial charge in [0.25, 0.3) is 0 Å². The SMILES string of the molecule is O=C(NCC1CCCC(O)C1)C1CCCN(Cc2cccc(F)c2)C1. The van der Waals surface area contributed by atoms with Gasteiger partial charge in [-0.2, -0.15) is 0 Å². The zero-order valence-corrected chi connectivity index (χ0v) is 14.8. The molecule has 0 bridgehead atoms. The second kappa shape index (κ2) is 8.77. The van der Waals surface area contributed by atoms with Crippen LogP contribution in [0.4, 0.5) is 4.39 Å². The molecule has 0 radical (unpaired) electrons. The molecule has 138 valence electrons. The zero-order valence-electron chi connectivity index (χ0n) is 14.8. The number of halogens is 1. The molecule has 1 saturated heterocycles. The van der Waals surface area contributed by atoms with Crippen LogP contribution < -0.4 is 5.32 Å². The van der Waals surface area contributed by atoms with Crippen LogP contribution in [-0.2, 0) is 11.3 Å². The number of aliphatic hydroxyl groups is 1. The lowest BCUT2D eigenvalue weighted by Gasteiger charge is -2.32. The van der Waals surface area contributed by atoms with Crippen LogP contribution in [0.3, 0.4) is 0 Å². The molecule has 2 aliphatic rings. The third-order valence-corrected chi connectivity index (χ3v) is 5.49. The maximum absolute atomic E-state index is 13.3. The highest BCUT2D eigenvalue weighted by molar-refractivity contribution is 5.78. The first-order chi connectivity index (χ1) is 12.1. The van der Waals surface area contributed by atoms with Crippen molar-refractivity contribution in [3.63, 3.8) is 0 Å². The molecule has 3 atom stereocenters. The molecule has 1 aliphatic carbocycles. The molecular formula is C20H29FN2O2. The summed E-state index contributed by atoms with van der Waals surface area (Å²) in [6.45, 7) is 3.05. The van der Waals surface area contributed by atoms with Gasteiger partial charge in [-0.3, -0.25) is 9.69 Å². The van der Waals surface area contributed by atoms with Gasteiger partial charge in [-0.25, -0.2) is 4.39 Å². The summed E-state index contributed by atoms with van der Waals surface area (Å²) in [7, 11) is 0. The molecule has 0 spiro atoms. The number of benzene rings is 1. The Bertz CT molecular complexity index is 581. The normalized spacial score (nSPS) is 27.8. The standard InChI is InChI=1S/C20H29FN2O2/c21-18-7-1-5-16(10-18)13-23-9-3-6-17(14-23)20(25)22-12-15-4-2-8-19(24)11-15/h1,5,7,10,15,17,19,24H,2-4,6,8-9,11-14H2,(H,22,25). The van der Waals surface area contributed by atoms with Crippen molar-refractivity contribution in [3.8, 4) is 0 Å². The molecule has 2 fully saturated rings. The highest BCUT2D eigenvalue weighted by Gasteiger charge is 2.27. The average molecular weight is 348 g/mol. The minimum Gasteiger partial charge on any atom is -0.393 e. The highest BCUT2D eigenvalue weighted by Crippen LogP contribution is 2.24. The molecule has 0 aromatic heterocycles. The third kappa shape index (κ3) is 5.51. The number of hydrogen-bond acceptors (Lipinski definition) is 3. The first-order valence-electron chi connectivity index (χ1n) is 9.52. The minimum absolute atomic E-state index is 0.0100. The van der Waals surface area contributed by atoms with E-state index in [4.69, 9.17) is 0 Å². The van der Waals surface area contributed by atoms with E-state index in [1.165, 1.54) is 6.07 Å². The smallest absolute Gasteiger partial charge is 0.224 e. The Kier molecular flexibility index (Phi) is 6.43. The summed E-state index contributed by atoms with van der Waals surface area (Å²) in [4.78, 5) is 14.8. The summed E-state index contributed by atoms with van der Waals surface area (Å²) in [6, 6.07) is 6.69. The highest BCUT2D eigenvalue weighted by atomic mass is 19.1. The van der Waals surface area contributed by atoms with Crippen LogP contribution >= 0.6 is 0 Å². The Morgan fingerprint density at radius 3 is 2.96 bits per heavy atom. The van der Waals surface area contributed by atoms with E-state index in [9.17, 15) is 14.3 Å². The van der Waals surface area contributed by atoms with E-state index in [2.05, 4.69) is 10.2 Å². The molecular weight excluding hydrogens is 319 g/mol. The van der Waals surface area contributed by atoms with Crippen molar-refractivity contribution in [2.45, 2.75) is 51.2 Å². The Morgan fingerprint density at radius 1 is 1.28 bits per heavy atom. The lowest BCUT2D eigenvalue weighted by molar-refractivity contribution is -0.127. The fourth-order valence-corrected chi connectivity index (χ4v) is 4.14. The van der Waals surface area contributed by atoms with Crippen molar-refractivity contribution in [1.29, 1.82) is 0 Å². The van der Waals surface area contributed by atoms with Crippen LogP contribution in [0.25, 0.3) is 0 Å². The van der Waals surface area contributed by atoms with E-state index in [0.29, 0.717) is 19.0 Å². The molecule has 2 N–H and O–H groups in total. The van der Waals surface area contributed by atoms with E-state index in [-0.39, 0.29) is 23.7 Å². The van der Waals surface area contributed by atoms with Crippen molar-refractivity contribution in [3.05, 3.63) is 35.6 Å². The molecule has 1 amide bonds. The third-order valence-electron chi connectivity index (χ3n) is 5.49. The predicted octanol–water partition coefficient (Wildman–Crippen LogP) is 2.71. The van der Waals surface area contributed by atoms with E-state index < -0.39 is 0 Å². The van der Waals surface area contributed by atoms with E-state index in [0.717, 1.165) is 57.2 Å². The van der Waals surface area contributed by atoms with Gasteiger partial charge in [0.2, 0.25) is 5.91 Å². The number of likely N-dealkylation sites (tertiary alicyclic amines) is 1. The van der Waals surface area contributed by atoms with Crippen LogP contribution in [0.5, 0.6) is 0 Å². The number of carbonyl (C=O) groups is 1. The van der Waals surface area contributed by atoms with Crippen LogP contribution in [0.1, 0.15) is 44.1 Å². The average Bonchev–Trinajstić information content (AvgIpc) is 2.60. The van der Waals surface area contributed by atoms with Crippen molar-refractivity contribution in [2.24, 2.45) is 11.8 Å². The molecule has 25 heavy (non-hydrogen) atoms. The number of amides is 1. The topological polar surface area (TPSA) is 52.6 Å². The Labute approximate surface area is 149 Å². The number of aliphatic hydroxyl groups excluding tert-OH is 1. The monoisotopic (exact) mass is 348 g/mol. The van der Waals surface area contributed by atoms with Gasteiger partial charge < -0.3 is 10.4 Å². The Morgan fingerprint density at radius 2 is 2.16 bits per heavy atom. The summed E-state index contributed by atoms with van der Waals surface area (Å²) in [6.07, 6.45) is 5.54. The molecule has 1 aromatic rings. The number of hydrogen-bond donors (Lipinski definition) is 2. The van der Waals surface area contributed by atoms with Crippen LogP contribution in [-0.4, -0.2) is 41.7 Å². The van der Waals surface area contributed by atoms with Gasteiger partial charge in [0, 0.05) is 19.6 Å². The summed E-state index contributed by atoms with van der Waals surface area (Å²) < 4.78 is 13.3. The number of nitrogens with zero attached hydrogens (tertiary/aromatic N) is 1. The predicted molar refractivity (Wildman–Crippen MR) is 95.4 cm³/mol. The Balaban J connectivity index is 1.46.